The van der Waals surface area contributed by atoms with Gasteiger partial charge < -0.3 is 20.3 Å². The van der Waals surface area contributed by atoms with Crippen molar-refractivity contribution >= 4 is 11.9 Å². The molecule has 0 aliphatic heterocycles. The summed E-state index contributed by atoms with van der Waals surface area (Å²) in [5.74, 6) is 0.00266. The summed E-state index contributed by atoms with van der Waals surface area (Å²) in [5.41, 5.74) is 0. The van der Waals surface area contributed by atoms with Crippen LogP contribution >= 0.6 is 0 Å². The van der Waals surface area contributed by atoms with E-state index in [1.165, 1.54) is 398 Å². The third-order valence-corrected chi connectivity index (χ3v) is 19.2. The van der Waals surface area contributed by atoms with Gasteiger partial charge in [-0.3, -0.25) is 9.59 Å². The zero-order valence-electron chi connectivity index (χ0n) is 58.4. The number of aliphatic hydroxyl groups excluding tert-OH is 2. The summed E-state index contributed by atoms with van der Waals surface area (Å²) in [6, 6.07) is -0.536. The molecule has 0 spiro atoms. The van der Waals surface area contributed by atoms with Gasteiger partial charge in [-0.15, -0.1) is 0 Å². The lowest BCUT2D eigenvalue weighted by Crippen LogP contribution is -2.45. The molecule has 0 aliphatic rings. The Bertz CT molecular complexity index is 1240. The van der Waals surface area contributed by atoms with Crippen LogP contribution in [0.15, 0.2) is 0 Å². The van der Waals surface area contributed by atoms with Crippen molar-refractivity contribution in [2.45, 2.75) is 482 Å². The summed E-state index contributed by atoms with van der Waals surface area (Å²) >= 11 is 0. The zero-order valence-corrected chi connectivity index (χ0v) is 58.4. The lowest BCUT2D eigenvalue weighted by molar-refractivity contribution is -0.143. The Kier molecular flexibility index (Phi) is 74.3. The van der Waals surface area contributed by atoms with Gasteiger partial charge in [0.25, 0.3) is 0 Å². The van der Waals surface area contributed by atoms with E-state index in [1.807, 2.05) is 0 Å². The molecule has 2 unspecified atom stereocenters. The van der Waals surface area contributed by atoms with Crippen molar-refractivity contribution in [3.8, 4) is 0 Å². The maximum absolute atomic E-state index is 12.5. The van der Waals surface area contributed by atoms with E-state index in [1.54, 1.807) is 0 Å². The molecule has 0 fully saturated rings. The van der Waals surface area contributed by atoms with Crippen molar-refractivity contribution in [3.05, 3.63) is 0 Å². The second-order valence-corrected chi connectivity index (χ2v) is 27.8. The van der Waals surface area contributed by atoms with Crippen LogP contribution in [0.1, 0.15) is 470 Å². The predicted octanol–water partition coefficient (Wildman–Crippen LogP) is 26.1. The average molecular weight is 1200 g/mol. The minimum atomic E-state index is -0.659. The van der Waals surface area contributed by atoms with Gasteiger partial charge in [0, 0.05) is 12.8 Å². The van der Waals surface area contributed by atoms with Gasteiger partial charge in [-0.25, -0.2) is 0 Å². The van der Waals surface area contributed by atoms with E-state index < -0.39 is 12.1 Å². The number of hydrogen-bond donors (Lipinski definition) is 3. The molecule has 508 valence electrons. The van der Waals surface area contributed by atoms with E-state index in [4.69, 9.17) is 4.74 Å². The van der Waals surface area contributed by atoms with E-state index in [0.29, 0.717) is 25.9 Å². The third-order valence-electron chi connectivity index (χ3n) is 19.2. The number of rotatable bonds is 76. The summed E-state index contributed by atoms with van der Waals surface area (Å²) in [4.78, 5) is 24.6. The number of aliphatic hydroxyl groups is 2. The number of esters is 1. The number of hydrogen-bond acceptors (Lipinski definition) is 5. The van der Waals surface area contributed by atoms with Crippen molar-refractivity contribution in [2.24, 2.45) is 0 Å². The maximum atomic E-state index is 12.5. The number of ether oxygens (including phenoxy) is 1. The van der Waals surface area contributed by atoms with E-state index >= 15 is 0 Å². The fraction of sp³-hybridized carbons (Fsp3) is 0.975. The molecule has 0 radical (unpaired) electrons. The van der Waals surface area contributed by atoms with Crippen molar-refractivity contribution < 1.29 is 24.5 Å². The van der Waals surface area contributed by atoms with Crippen LogP contribution in [0.3, 0.4) is 0 Å². The van der Waals surface area contributed by atoms with E-state index in [0.717, 1.165) is 38.5 Å². The monoisotopic (exact) mass is 1200 g/mol. The first-order chi connectivity index (χ1) is 42.0. The molecule has 85 heavy (non-hydrogen) atoms. The van der Waals surface area contributed by atoms with Gasteiger partial charge in [0.05, 0.1) is 25.4 Å². The molecule has 0 saturated heterocycles. The minimum Gasteiger partial charge on any atom is -0.466 e. The zero-order chi connectivity index (χ0) is 61.3. The average Bonchev–Trinajstić information content (AvgIpc) is 3.54. The van der Waals surface area contributed by atoms with Gasteiger partial charge >= 0.3 is 5.97 Å². The van der Waals surface area contributed by atoms with Crippen molar-refractivity contribution in [1.29, 1.82) is 0 Å². The first kappa shape index (κ1) is 83.9. The van der Waals surface area contributed by atoms with Crippen LogP contribution in [0.5, 0.6) is 0 Å². The van der Waals surface area contributed by atoms with E-state index in [2.05, 4.69) is 19.2 Å². The molecule has 6 nitrogen and oxygen atoms in total. The molecule has 0 rings (SSSR count). The van der Waals surface area contributed by atoms with Crippen LogP contribution in [0.4, 0.5) is 0 Å². The summed E-state index contributed by atoms with van der Waals surface area (Å²) < 4.78 is 5.50. The first-order valence-electron chi connectivity index (χ1n) is 39.8. The number of carbonyl (C=O) groups excluding carboxylic acids is 2. The highest BCUT2D eigenvalue weighted by Gasteiger charge is 2.20. The SMILES string of the molecule is CCCCCCCCCCCCCCCCCCC(O)C(CO)NC(=O)CCCCCCCCCCCCCCCCCCCCCCCCCCCCCCCCCCCCCCCCCOC(=O)CCCCCCCCCCCCCCC. The third kappa shape index (κ3) is 71.8. The number of unbranched alkanes of at least 4 members (excludes halogenated alkanes) is 65. The normalized spacial score (nSPS) is 12.4. The standard InChI is InChI=1S/C79H157NO5/c1-3-5-7-9-11-13-15-17-18-44-48-51-55-59-63-67-71-77(82)76(75-81)80-78(83)72-68-64-60-56-52-49-45-42-40-38-36-34-32-30-28-26-24-22-20-19-21-23-25-27-29-31-33-35-37-39-41-43-46-50-54-58-62-66-70-74-85-79(84)73-69-65-61-57-53-47-16-14-12-10-8-6-4-2/h76-77,81-82H,3-75H2,1-2H3,(H,80,83). The first-order valence-corrected chi connectivity index (χ1v) is 39.8. The molecule has 0 heterocycles. The molecule has 0 aliphatic carbocycles. The fourth-order valence-corrected chi connectivity index (χ4v) is 13.1. The van der Waals surface area contributed by atoms with Gasteiger partial charge in [-0.2, -0.15) is 0 Å². The van der Waals surface area contributed by atoms with Crippen LogP contribution < -0.4 is 5.32 Å². The van der Waals surface area contributed by atoms with Gasteiger partial charge in [0.15, 0.2) is 0 Å². The Morgan fingerprint density at radius 3 is 0.718 bits per heavy atom. The Morgan fingerprint density at radius 2 is 0.482 bits per heavy atom. The lowest BCUT2D eigenvalue weighted by Gasteiger charge is -2.22. The Balaban J connectivity index is 3.27. The maximum Gasteiger partial charge on any atom is 0.305 e. The van der Waals surface area contributed by atoms with Gasteiger partial charge in [0.1, 0.15) is 0 Å². The summed E-state index contributed by atoms with van der Waals surface area (Å²) in [6.45, 7) is 5.01. The molecule has 0 saturated carbocycles. The summed E-state index contributed by atoms with van der Waals surface area (Å²) in [5, 5.41) is 23.4. The van der Waals surface area contributed by atoms with E-state index in [9.17, 15) is 19.8 Å². The summed E-state index contributed by atoms with van der Waals surface area (Å²) in [7, 11) is 0. The molecule has 0 aromatic carbocycles. The molecular weight excluding hydrogens is 1040 g/mol. The molecule has 3 N–H and O–H groups in total. The van der Waals surface area contributed by atoms with Crippen LogP contribution in [0, 0.1) is 0 Å². The highest BCUT2D eigenvalue weighted by molar-refractivity contribution is 5.76. The Labute approximate surface area is 534 Å². The molecule has 2 atom stereocenters. The highest BCUT2D eigenvalue weighted by atomic mass is 16.5. The lowest BCUT2D eigenvalue weighted by atomic mass is 10.0. The minimum absolute atomic E-state index is 0.0242. The predicted molar refractivity (Wildman–Crippen MR) is 375 cm³/mol. The number of amides is 1. The number of carbonyl (C=O) groups is 2. The van der Waals surface area contributed by atoms with Crippen molar-refractivity contribution in [2.75, 3.05) is 13.2 Å². The van der Waals surface area contributed by atoms with Crippen molar-refractivity contribution in [3.63, 3.8) is 0 Å². The molecule has 6 heteroatoms. The largest absolute Gasteiger partial charge is 0.466 e. The Hall–Kier alpha value is -1.14. The second kappa shape index (κ2) is 75.3. The molecule has 0 aromatic rings. The quantitative estimate of drug-likeness (QED) is 0.0417. The van der Waals surface area contributed by atoms with Gasteiger partial charge in [-0.05, 0) is 25.7 Å². The second-order valence-electron chi connectivity index (χ2n) is 27.8. The van der Waals surface area contributed by atoms with Crippen LogP contribution in [0.25, 0.3) is 0 Å². The smallest absolute Gasteiger partial charge is 0.305 e. The van der Waals surface area contributed by atoms with Crippen LogP contribution in [0.2, 0.25) is 0 Å². The van der Waals surface area contributed by atoms with Gasteiger partial charge in [0.2, 0.25) is 5.91 Å². The van der Waals surface area contributed by atoms with Crippen LogP contribution in [-0.2, 0) is 14.3 Å². The topological polar surface area (TPSA) is 95.9 Å². The van der Waals surface area contributed by atoms with E-state index in [-0.39, 0.29) is 18.5 Å². The molecule has 1 amide bonds. The van der Waals surface area contributed by atoms with Crippen LogP contribution in [-0.4, -0.2) is 47.4 Å². The van der Waals surface area contributed by atoms with Gasteiger partial charge in [-0.1, -0.05) is 431 Å². The molecule has 0 bridgehead atoms. The molecular formula is C79H157NO5. The summed E-state index contributed by atoms with van der Waals surface area (Å²) in [6.07, 6.45) is 93.5. The Morgan fingerprint density at radius 1 is 0.282 bits per heavy atom. The number of nitrogens with one attached hydrogen (secondary N) is 1. The molecule has 0 aromatic heterocycles. The fourth-order valence-electron chi connectivity index (χ4n) is 13.1. The highest BCUT2D eigenvalue weighted by Crippen LogP contribution is 2.21. The van der Waals surface area contributed by atoms with Crippen molar-refractivity contribution in [1.82, 2.24) is 5.32 Å².